The Morgan fingerprint density at radius 3 is 2.31 bits per heavy atom. The maximum atomic E-state index is 12.7. The molecule has 4 aromatic rings. The molecule has 1 heterocycles. The minimum atomic E-state index is -3.73. The van der Waals surface area contributed by atoms with E-state index in [0.29, 0.717) is 6.42 Å². The molecule has 0 saturated heterocycles. The van der Waals surface area contributed by atoms with Gasteiger partial charge in [0.1, 0.15) is 16.5 Å². The zero-order valence-electron chi connectivity index (χ0n) is 17.4. The lowest BCUT2D eigenvalue weighted by molar-refractivity contribution is 0.415. The molecular weight excluding hydrogens is 446 g/mol. The third-order valence-corrected chi connectivity index (χ3v) is 6.94. The van der Waals surface area contributed by atoms with Crippen LogP contribution in [0.25, 0.3) is 22.6 Å². The lowest BCUT2D eigenvalue weighted by Gasteiger charge is -2.08. The molecule has 0 aliphatic heterocycles. The molecule has 164 valence electrons. The minimum absolute atomic E-state index is 0.0617. The fourth-order valence-corrected chi connectivity index (χ4v) is 4.91. The van der Waals surface area contributed by atoms with Crippen LogP contribution in [-0.2, 0) is 16.4 Å². The Bertz CT molecular complexity index is 1300. The van der Waals surface area contributed by atoms with E-state index in [0.717, 1.165) is 34.1 Å². The maximum absolute atomic E-state index is 12.7. The van der Waals surface area contributed by atoms with Crippen molar-refractivity contribution in [2.45, 2.75) is 11.3 Å². The van der Waals surface area contributed by atoms with Gasteiger partial charge < -0.3 is 9.72 Å². The topological polar surface area (TPSA) is 84.1 Å². The molecule has 3 aromatic carbocycles. The number of hydrogen-bond acceptors (Lipinski definition) is 4. The summed E-state index contributed by atoms with van der Waals surface area (Å²) in [5, 5.41) is 0.187. The molecular formula is C24H22ClN3O3S. The Morgan fingerprint density at radius 1 is 0.938 bits per heavy atom. The molecule has 0 amide bonds. The molecule has 0 saturated carbocycles. The van der Waals surface area contributed by atoms with Crippen molar-refractivity contribution in [3.8, 4) is 28.4 Å². The average Bonchev–Trinajstić information content (AvgIpc) is 3.24. The monoisotopic (exact) mass is 467 g/mol. The van der Waals surface area contributed by atoms with Crippen LogP contribution in [0.1, 0.15) is 5.69 Å². The van der Waals surface area contributed by atoms with Crippen molar-refractivity contribution >= 4 is 21.6 Å². The van der Waals surface area contributed by atoms with Crippen LogP contribution in [0.4, 0.5) is 0 Å². The highest BCUT2D eigenvalue weighted by Gasteiger charge is 2.18. The first-order valence-electron chi connectivity index (χ1n) is 10.0. The number of nitrogens with one attached hydrogen (secondary N) is 2. The van der Waals surface area contributed by atoms with E-state index in [1.54, 1.807) is 25.3 Å². The number of aromatic nitrogens is 2. The summed E-state index contributed by atoms with van der Waals surface area (Å²) in [6.45, 7) is 0.188. The molecule has 2 N–H and O–H groups in total. The molecule has 6 nitrogen and oxygen atoms in total. The van der Waals surface area contributed by atoms with Crippen molar-refractivity contribution in [1.82, 2.24) is 14.7 Å². The third-order valence-electron chi connectivity index (χ3n) is 4.98. The molecule has 4 rings (SSSR count). The van der Waals surface area contributed by atoms with Gasteiger partial charge in [0, 0.05) is 29.8 Å². The number of H-pyrrole nitrogens is 1. The lowest BCUT2D eigenvalue weighted by Crippen LogP contribution is -2.26. The number of methoxy groups -OCH3 is 1. The van der Waals surface area contributed by atoms with Gasteiger partial charge in [0.2, 0.25) is 10.0 Å². The zero-order chi connectivity index (χ0) is 22.6. The minimum Gasteiger partial charge on any atom is -0.497 e. The second-order valence-corrected chi connectivity index (χ2v) is 9.23. The van der Waals surface area contributed by atoms with E-state index in [4.69, 9.17) is 21.3 Å². The summed E-state index contributed by atoms with van der Waals surface area (Å²) in [5.74, 6) is 1.47. The van der Waals surface area contributed by atoms with Crippen LogP contribution >= 0.6 is 11.6 Å². The van der Waals surface area contributed by atoms with Crippen molar-refractivity contribution in [3.63, 3.8) is 0 Å². The first-order valence-corrected chi connectivity index (χ1v) is 11.9. The van der Waals surface area contributed by atoms with Gasteiger partial charge in [-0.1, -0.05) is 54.1 Å². The predicted molar refractivity (Wildman–Crippen MR) is 126 cm³/mol. The predicted octanol–water partition coefficient (Wildman–Crippen LogP) is 4.93. The van der Waals surface area contributed by atoms with E-state index >= 15 is 0 Å². The molecule has 0 radical (unpaired) electrons. The van der Waals surface area contributed by atoms with Crippen molar-refractivity contribution in [3.05, 3.63) is 89.6 Å². The number of imidazole rings is 1. The van der Waals surface area contributed by atoms with E-state index < -0.39 is 10.0 Å². The summed E-state index contributed by atoms with van der Waals surface area (Å²) in [4.78, 5) is 8.22. The number of rotatable bonds is 8. The number of aromatic amines is 1. The number of sulfonamides is 1. The fourth-order valence-electron chi connectivity index (χ4n) is 3.36. The van der Waals surface area contributed by atoms with Crippen LogP contribution in [0.15, 0.2) is 83.8 Å². The Labute approximate surface area is 192 Å². The molecule has 0 aliphatic carbocycles. The first kappa shape index (κ1) is 22.1. The van der Waals surface area contributed by atoms with E-state index in [1.165, 1.54) is 6.07 Å². The molecule has 0 bridgehead atoms. The van der Waals surface area contributed by atoms with Gasteiger partial charge in [-0.3, -0.25) is 0 Å². The number of ether oxygens (including phenoxy) is 1. The van der Waals surface area contributed by atoms with Crippen LogP contribution in [0.5, 0.6) is 5.75 Å². The third kappa shape index (κ3) is 4.85. The van der Waals surface area contributed by atoms with Gasteiger partial charge in [-0.25, -0.2) is 18.1 Å². The number of hydrogen-bond donors (Lipinski definition) is 2. The molecule has 0 unspecified atom stereocenters. The van der Waals surface area contributed by atoms with Crippen molar-refractivity contribution in [2.24, 2.45) is 0 Å². The van der Waals surface area contributed by atoms with E-state index in [9.17, 15) is 8.42 Å². The van der Waals surface area contributed by atoms with Gasteiger partial charge in [-0.05, 0) is 36.4 Å². The summed E-state index contributed by atoms with van der Waals surface area (Å²) in [6.07, 6.45) is 0.422. The van der Waals surface area contributed by atoms with Gasteiger partial charge in [-0.15, -0.1) is 0 Å². The fraction of sp³-hybridized carbons (Fsp3) is 0.125. The van der Waals surface area contributed by atoms with E-state index in [-0.39, 0.29) is 16.5 Å². The summed E-state index contributed by atoms with van der Waals surface area (Å²) in [5.41, 5.74) is 3.46. The maximum Gasteiger partial charge on any atom is 0.242 e. The highest BCUT2D eigenvalue weighted by Crippen LogP contribution is 2.28. The van der Waals surface area contributed by atoms with Gasteiger partial charge in [-0.2, -0.15) is 0 Å². The molecule has 0 fully saturated rings. The van der Waals surface area contributed by atoms with Crippen molar-refractivity contribution in [1.29, 1.82) is 0 Å². The number of nitrogens with zero attached hydrogens (tertiary/aromatic N) is 1. The Balaban J connectivity index is 1.60. The Kier molecular flexibility index (Phi) is 6.60. The molecule has 0 atom stereocenters. The summed E-state index contributed by atoms with van der Waals surface area (Å²) in [6, 6.07) is 23.8. The van der Waals surface area contributed by atoms with Crippen LogP contribution in [0.2, 0.25) is 5.02 Å². The lowest BCUT2D eigenvalue weighted by atomic mass is 10.1. The van der Waals surface area contributed by atoms with Crippen LogP contribution in [0.3, 0.4) is 0 Å². The van der Waals surface area contributed by atoms with Crippen LogP contribution in [-0.4, -0.2) is 32.0 Å². The molecule has 0 aliphatic rings. The summed E-state index contributed by atoms with van der Waals surface area (Å²) >= 11 is 6.06. The normalized spacial score (nSPS) is 11.4. The summed E-state index contributed by atoms with van der Waals surface area (Å²) in [7, 11) is -2.11. The number of benzene rings is 3. The molecule has 0 spiro atoms. The van der Waals surface area contributed by atoms with Gasteiger partial charge in [0.25, 0.3) is 0 Å². The van der Waals surface area contributed by atoms with E-state index in [2.05, 4.69) is 9.71 Å². The van der Waals surface area contributed by atoms with Crippen LogP contribution < -0.4 is 9.46 Å². The molecule has 1 aromatic heterocycles. The quantitative estimate of drug-likeness (QED) is 0.385. The molecule has 8 heteroatoms. The van der Waals surface area contributed by atoms with Crippen LogP contribution in [0, 0.1) is 0 Å². The van der Waals surface area contributed by atoms with Crippen molar-refractivity contribution < 1.29 is 13.2 Å². The second-order valence-electron chi connectivity index (χ2n) is 7.09. The average molecular weight is 468 g/mol. The first-order chi connectivity index (χ1) is 15.5. The zero-order valence-corrected chi connectivity index (χ0v) is 19.0. The highest BCUT2D eigenvalue weighted by atomic mass is 35.5. The van der Waals surface area contributed by atoms with Gasteiger partial charge in [0.05, 0.1) is 17.8 Å². The molecule has 32 heavy (non-hydrogen) atoms. The van der Waals surface area contributed by atoms with E-state index in [1.807, 2.05) is 54.6 Å². The highest BCUT2D eigenvalue weighted by molar-refractivity contribution is 7.89. The Morgan fingerprint density at radius 2 is 1.62 bits per heavy atom. The standard InChI is InChI=1S/C24H22ClN3O3S/c1-31-19-13-11-17(12-14-19)23-21(27-24(28-23)18-7-3-2-4-8-18)15-16-26-32(29,30)22-10-6-5-9-20(22)25/h2-14,26H,15-16H2,1H3,(H,27,28). The SMILES string of the molecule is COc1ccc(-c2nc(-c3ccccc3)[nH]c2CCNS(=O)(=O)c2ccccc2Cl)cc1. The van der Waals surface area contributed by atoms with Crippen molar-refractivity contribution in [2.75, 3.05) is 13.7 Å². The second kappa shape index (κ2) is 9.56. The largest absolute Gasteiger partial charge is 0.497 e. The summed E-state index contributed by atoms with van der Waals surface area (Å²) < 4.78 is 33.2. The Hall–Kier alpha value is -3.13. The number of halogens is 1. The van der Waals surface area contributed by atoms with Gasteiger partial charge >= 0.3 is 0 Å². The smallest absolute Gasteiger partial charge is 0.242 e. The van der Waals surface area contributed by atoms with Gasteiger partial charge in [0.15, 0.2) is 0 Å².